The van der Waals surface area contributed by atoms with Crippen molar-refractivity contribution >= 4 is 27.0 Å². The third-order valence-corrected chi connectivity index (χ3v) is 3.15. The Bertz CT molecular complexity index is 556. The Morgan fingerprint density at radius 2 is 2.19 bits per heavy atom. The molecule has 2 rings (SSSR count). The molecule has 1 aromatic heterocycles. The van der Waals surface area contributed by atoms with E-state index in [-0.39, 0.29) is 5.69 Å². The number of aromatic nitrogens is 2. The molecule has 1 heterocycles. The Morgan fingerprint density at radius 3 is 2.88 bits per heavy atom. The Labute approximate surface area is 102 Å². The summed E-state index contributed by atoms with van der Waals surface area (Å²) in [5.41, 5.74) is 1.76. The van der Waals surface area contributed by atoms with Crippen molar-refractivity contribution in [2.45, 2.75) is 6.54 Å². The molecule has 2 aromatic rings. The maximum absolute atomic E-state index is 11.8. The van der Waals surface area contributed by atoms with Gasteiger partial charge < -0.3 is 9.88 Å². The average Bonchev–Trinajstić information content (AvgIpc) is 2.52. The summed E-state index contributed by atoms with van der Waals surface area (Å²) in [5, 5.41) is 0. The van der Waals surface area contributed by atoms with Gasteiger partial charge >= 0.3 is 5.69 Å². The van der Waals surface area contributed by atoms with Crippen LogP contribution in [0, 0.1) is 0 Å². The van der Waals surface area contributed by atoms with Crippen LogP contribution in [-0.2, 0) is 6.54 Å². The lowest BCUT2D eigenvalue weighted by Crippen LogP contribution is -2.24. The third-order valence-electron chi connectivity index (χ3n) is 2.51. The minimum Gasteiger partial charge on any atom is -0.308 e. The molecule has 4 nitrogen and oxygen atoms in total. The Hall–Kier alpha value is -1.07. The number of likely N-dealkylation sites (N-methyl/N-ethyl adjacent to an activating group) is 1. The molecule has 0 radical (unpaired) electrons. The molecule has 86 valence electrons. The van der Waals surface area contributed by atoms with Gasteiger partial charge in [0.1, 0.15) is 0 Å². The largest absolute Gasteiger partial charge is 0.326 e. The lowest BCUT2D eigenvalue weighted by atomic mass is 10.3. The summed E-state index contributed by atoms with van der Waals surface area (Å²) in [6.07, 6.45) is 0. The fourth-order valence-corrected chi connectivity index (χ4v) is 2.27. The van der Waals surface area contributed by atoms with Crippen molar-refractivity contribution in [3.8, 4) is 0 Å². The number of benzene rings is 1. The molecule has 0 spiro atoms. The molecule has 0 atom stereocenters. The topological polar surface area (TPSA) is 41.0 Å². The number of imidazole rings is 1. The summed E-state index contributed by atoms with van der Waals surface area (Å²) < 4.78 is 2.71. The van der Waals surface area contributed by atoms with Crippen LogP contribution in [0.4, 0.5) is 0 Å². The van der Waals surface area contributed by atoms with Crippen LogP contribution in [0.3, 0.4) is 0 Å². The highest BCUT2D eigenvalue weighted by Crippen LogP contribution is 2.21. The smallest absolute Gasteiger partial charge is 0.308 e. The molecule has 1 aromatic carbocycles. The summed E-state index contributed by atoms with van der Waals surface area (Å²) in [7, 11) is 3.99. The zero-order valence-electron chi connectivity index (χ0n) is 9.33. The molecule has 0 aliphatic carbocycles. The number of H-pyrrole nitrogens is 1. The fourth-order valence-electron chi connectivity index (χ4n) is 1.69. The molecule has 0 unspecified atom stereocenters. The number of hydrogen-bond donors (Lipinski definition) is 1. The molecule has 0 saturated carbocycles. The second-order valence-corrected chi connectivity index (χ2v) is 4.88. The van der Waals surface area contributed by atoms with Crippen LogP contribution in [0.2, 0.25) is 0 Å². The number of hydrogen-bond acceptors (Lipinski definition) is 2. The summed E-state index contributed by atoms with van der Waals surface area (Å²) in [5.74, 6) is 0. The SMILES string of the molecule is CN(C)CCn1c(=O)[nH]c2cccc(Br)c21. The number of rotatable bonds is 3. The molecule has 1 N–H and O–H groups in total. The van der Waals surface area contributed by atoms with Gasteiger partial charge in [-0.25, -0.2) is 4.79 Å². The number of nitrogens with zero attached hydrogens (tertiary/aromatic N) is 2. The first kappa shape index (κ1) is 11.4. The predicted molar refractivity (Wildman–Crippen MR) is 68.8 cm³/mol. The van der Waals surface area contributed by atoms with Gasteiger partial charge in [0.15, 0.2) is 0 Å². The minimum absolute atomic E-state index is 0.0521. The highest BCUT2D eigenvalue weighted by Gasteiger charge is 2.09. The lowest BCUT2D eigenvalue weighted by molar-refractivity contribution is 0.384. The van der Waals surface area contributed by atoms with E-state index in [0.717, 1.165) is 22.1 Å². The quantitative estimate of drug-likeness (QED) is 0.931. The van der Waals surface area contributed by atoms with E-state index in [9.17, 15) is 4.79 Å². The molecule has 5 heteroatoms. The van der Waals surface area contributed by atoms with Crippen LogP contribution in [0.15, 0.2) is 27.5 Å². The second kappa shape index (κ2) is 4.43. The molecule has 0 saturated heterocycles. The van der Waals surface area contributed by atoms with Crippen molar-refractivity contribution in [2.24, 2.45) is 0 Å². The molecular weight excluding hydrogens is 270 g/mol. The van der Waals surface area contributed by atoms with Gasteiger partial charge in [-0.05, 0) is 42.2 Å². The molecular formula is C11H14BrN3O. The fraction of sp³-hybridized carbons (Fsp3) is 0.364. The molecule has 0 bridgehead atoms. The van der Waals surface area contributed by atoms with Gasteiger partial charge in [-0.3, -0.25) is 4.57 Å². The summed E-state index contributed by atoms with van der Waals surface area (Å²) in [6, 6.07) is 5.77. The van der Waals surface area contributed by atoms with E-state index in [1.54, 1.807) is 4.57 Å². The number of aromatic amines is 1. The number of para-hydroxylation sites is 1. The molecule has 0 fully saturated rings. The Balaban J connectivity index is 2.51. The van der Waals surface area contributed by atoms with Gasteiger partial charge in [0.2, 0.25) is 0 Å². The maximum atomic E-state index is 11.8. The molecule has 0 aliphatic rings. The van der Waals surface area contributed by atoms with Gasteiger partial charge in [0, 0.05) is 17.6 Å². The Kier molecular flexibility index (Phi) is 3.16. The van der Waals surface area contributed by atoms with Crippen LogP contribution in [0.1, 0.15) is 0 Å². The standard InChI is InChI=1S/C11H14BrN3O/c1-14(2)6-7-15-10-8(12)4-3-5-9(10)13-11(15)16/h3-5H,6-7H2,1-2H3,(H,13,16). The van der Waals surface area contributed by atoms with Gasteiger partial charge in [-0.1, -0.05) is 6.07 Å². The Morgan fingerprint density at radius 1 is 1.44 bits per heavy atom. The van der Waals surface area contributed by atoms with E-state index in [0.29, 0.717) is 6.54 Å². The zero-order chi connectivity index (χ0) is 11.7. The predicted octanol–water partition coefficient (Wildman–Crippen LogP) is 1.65. The highest BCUT2D eigenvalue weighted by molar-refractivity contribution is 9.10. The number of nitrogens with one attached hydrogen (secondary N) is 1. The van der Waals surface area contributed by atoms with Crippen molar-refractivity contribution < 1.29 is 0 Å². The van der Waals surface area contributed by atoms with Crippen molar-refractivity contribution in [1.82, 2.24) is 14.5 Å². The summed E-state index contributed by atoms with van der Waals surface area (Å²) >= 11 is 3.47. The summed E-state index contributed by atoms with van der Waals surface area (Å²) in [4.78, 5) is 16.7. The zero-order valence-corrected chi connectivity index (χ0v) is 10.9. The van der Waals surface area contributed by atoms with E-state index in [4.69, 9.17) is 0 Å². The number of halogens is 1. The van der Waals surface area contributed by atoms with Crippen molar-refractivity contribution in [3.05, 3.63) is 33.2 Å². The van der Waals surface area contributed by atoms with Crippen LogP contribution in [-0.4, -0.2) is 35.1 Å². The second-order valence-electron chi connectivity index (χ2n) is 4.02. The van der Waals surface area contributed by atoms with Gasteiger partial charge in [0.05, 0.1) is 11.0 Å². The van der Waals surface area contributed by atoms with Gasteiger partial charge in [0.25, 0.3) is 0 Å². The van der Waals surface area contributed by atoms with E-state index in [1.165, 1.54) is 0 Å². The monoisotopic (exact) mass is 283 g/mol. The number of fused-ring (bicyclic) bond motifs is 1. The van der Waals surface area contributed by atoms with E-state index in [1.807, 2.05) is 32.3 Å². The van der Waals surface area contributed by atoms with E-state index < -0.39 is 0 Å². The first-order chi connectivity index (χ1) is 7.59. The first-order valence-electron chi connectivity index (χ1n) is 5.11. The lowest BCUT2D eigenvalue weighted by Gasteiger charge is -2.10. The molecule has 0 amide bonds. The van der Waals surface area contributed by atoms with E-state index in [2.05, 4.69) is 25.8 Å². The van der Waals surface area contributed by atoms with Crippen LogP contribution in [0.5, 0.6) is 0 Å². The van der Waals surface area contributed by atoms with Crippen LogP contribution >= 0.6 is 15.9 Å². The van der Waals surface area contributed by atoms with Crippen molar-refractivity contribution in [2.75, 3.05) is 20.6 Å². The maximum Gasteiger partial charge on any atom is 0.326 e. The van der Waals surface area contributed by atoms with Crippen LogP contribution in [0.25, 0.3) is 11.0 Å². The van der Waals surface area contributed by atoms with Gasteiger partial charge in [-0.2, -0.15) is 0 Å². The van der Waals surface area contributed by atoms with E-state index >= 15 is 0 Å². The minimum atomic E-state index is -0.0521. The molecule has 0 aliphatic heterocycles. The normalized spacial score (nSPS) is 11.5. The third kappa shape index (κ3) is 2.05. The molecule has 16 heavy (non-hydrogen) atoms. The van der Waals surface area contributed by atoms with Crippen LogP contribution < -0.4 is 5.69 Å². The van der Waals surface area contributed by atoms with Crippen molar-refractivity contribution in [1.29, 1.82) is 0 Å². The van der Waals surface area contributed by atoms with Crippen molar-refractivity contribution in [3.63, 3.8) is 0 Å². The first-order valence-corrected chi connectivity index (χ1v) is 5.90. The highest BCUT2D eigenvalue weighted by atomic mass is 79.9. The average molecular weight is 284 g/mol. The summed E-state index contributed by atoms with van der Waals surface area (Å²) in [6.45, 7) is 1.53. The van der Waals surface area contributed by atoms with Gasteiger partial charge in [-0.15, -0.1) is 0 Å².